The van der Waals surface area contributed by atoms with Gasteiger partial charge in [-0.25, -0.2) is 0 Å². The third-order valence-corrected chi connectivity index (χ3v) is 7.13. The molecule has 35 heavy (non-hydrogen) atoms. The van der Waals surface area contributed by atoms with Gasteiger partial charge >= 0.3 is 0 Å². The third kappa shape index (κ3) is 6.00. The summed E-state index contributed by atoms with van der Waals surface area (Å²) in [5.41, 5.74) is 3.40. The highest BCUT2D eigenvalue weighted by Crippen LogP contribution is 2.37. The number of hydrogen-bond donors (Lipinski definition) is 1. The fourth-order valence-corrected chi connectivity index (χ4v) is 5.42. The molecule has 0 amide bonds. The van der Waals surface area contributed by atoms with Crippen molar-refractivity contribution in [3.8, 4) is 0 Å². The summed E-state index contributed by atoms with van der Waals surface area (Å²) in [6, 6.07) is 30.6. The van der Waals surface area contributed by atoms with Gasteiger partial charge in [-0.2, -0.15) is 0 Å². The number of fused-ring (bicyclic) bond motifs is 1. The van der Waals surface area contributed by atoms with Crippen molar-refractivity contribution in [2.75, 3.05) is 13.2 Å². The van der Waals surface area contributed by atoms with E-state index in [1.54, 1.807) is 0 Å². The maximum absolute atomic E-state index is 11.1. The van der Waals surface area contributed by atoms with E-state index in [0.717, 1.165) is 36.1 Å². The second kappa shape index (κ2) is 11.9. The van der Waals surface area contributed by atoms with Gasteiger partial charge in [-0.05, 0) is 36.1 Å². The van der Waals surface area contributed by atoms with Gasteiger partial charge in [0.15, 0.2) is 0 Å². The van der Waals surface area contributed by atoms with Crippen LogP contribution in [0, 0.1) is 0 Å². The molecule has 5 nitrogen and oxygen atoms in total. The molecule has 0 radical (unpaired) electrons. The second-order valence-corrected chi connectivity index (χ2v) is 9.53. The number of rotatable bonds is 10. The Morgan fingerprint density at radius 2 is 1.20 bits per heavy atom. The maximum atomic E-state index is 11.1. The van der Waals surface area contributed by atoms with E-state index in [9.17, 15) is 5.11 Å². The predicted molar refractivity (Wildman–Crippen MR) is 136 cm³/mol. The highest BCUT2D eigenvalue weighted by Gasteiger charge is 2.54. The van der Waals surface area contributed by atoms with Crippen molar-refractivity contribution >= 4 is 0 Å². The molecule has 1 N–H and O–H groups in total. The van der Waals surface area contributed by atoms with Crippen LogP contribution in [0.3, 0.4) is 0 Å². The number of ether oxygens (including phenoxy) is 3. The average molecular weight is 474 g/mol. The molecular formula is C30H35NO4. The first kappa shape index (κ1) is 24.2. The zero-order chi connectivity index (χ0) is 23.9. The number of aliphatic hydroxyl groups is 1. The molecule has 0 spiro atoms. The number of benzene rings is 3. The zero-order valence-electron chi connectivity index (χ0n) is 20.1. The van der Waals surface area contributed by atoms with Crippen molar-refractivity contribution in [3.63, 3.8) is 0 Å². The molecule has 5 heteroatoms. The Hall–Kier alpha value is -2.54. The van der Waals surface area contributed by atoms with Crippen LogP contribution in [-0.2, 0) is 34.0 Å². The molecule has 2 fully saturated rings. The summed E-state index contributed by atoms with van der Waals surface area (Å²) < 4.78 is 19.4. The minimum atomic E-state index is -0.438. The summed E-state index contributed by atoms with van der Waals surface area (Å²) >= 11 is 0. The molecule has 0 aromatic heterocycles. The van der Waals surface area contributed by atoms with Gasteiger partial charge in [-0.1, -0.05) is 91.0 Å². The normalized spacial score (nSPS) is 26.5. The summed E-state index contributed by atoms with van der Waals surface area (Å²) in [5.74, 6) is 0. The smallest absolute Gasteiger partial charge is 0.104 e. The van der Waals surface area contributed by atoms with Gasteiger partial charge in [0.05, 0.1) is 44.6 Å². The van der Waals surface area contributed by atoms with E-state index in [1.807, 2.05) is 54.6 Å². The fourth-order valence-electron chi connectivity index (χ4n) is 5.42. The van der Waals surface area contributed by atoms with Gasteiger partial charge in [0, 0.05) is 0 Å². The van der Waals surface area contributed by atoms with Crippen LogP contribution in [0.4, 0.5) is 0 Å². The quantitative estimate of drug-likeness (QED) is 0.467. The van der Waals surface area contributed by atoms with Crippen molar-refractivity contribution in [2.24, 2.45) is 0 Å². The van der Waals surface area contributed by atoms with E-state index >= 15 is 0 Å². The third-order valence-electron chi connectivity index (χ3n) is 7.13. The first-order valence-electron chi connectivity index (χ1n) is 12.7. The van der Waals surface area contributed by atoms with E-state index in [1.165, 1.54) is 0 Å². The lowest BCUT2D eigenvalue weighted by atomic mass is 9.96. The first-order chi connectivity index (χ1) is 17.3. The maximum Gasteiger partial charge on any atom is 0.104 e. The lowest BCUT2D eigenvalue weighted by Gasteiger charge is -2.38. The van der Waals surface area contributed by atoms with Crippen molar-refractivity contribution in [1.29, 1.82) is 0 Å². The fraction of sp³-hybridized carbons (Fsp3) is 0.400. The molecule has 2 aliphatic heterocycles. The minimum absolute atomic E-state index is 0.0168. The van der Waals surface area contributed by atoms with Crippen molar-refractivity contribution in [2.45, 2.75) is 63.1 Å². The summed E-state index contributed by atoms with van der Waals surface area (Å²) in [6.07, 6.45) is 0.873. The standard InChI is InChI=1S/C30H35NO4/c32-27-17-10-18-31-26(22-33-19-23-11-4-1-5-12-23)29(34-20-24-13-6-2-7-14-24)30(28(27)31)35-21-25-15-8-3-9-16-25/h1-9,11-16,26-30,32H,10,17-22H2/t26-,27-,28+,29-,30-/m1/s1. The van der Waals surface area contributed by atoms with E-state index in [2.05, 4.69) is 41.3 Å². The van der Waals surface area contributed by atoms with Gasteiger partial charge in [-0.15, -0.1) is 0 Å². The van der Waals surface area contributed by atoms with Gasteiger partial charge < -0.3 is 19.3 Å². The number of aliphatic hydroxyl groups excluding tert-OH is 1. The Bertz CT molecular complexity index is 1020. The molecule has 3 aromatic rings. The minimum Gasteiger partial charge on any atom is -0.391 e. The Balaban J connectivity index is 1.35. The van der Waals surface area contributed by atoms with E-state index in [-0.39, 0.29) is 24.3 Å². The summed E-state index contributed by atoms with van der Waals surface area (Å²) in [4.78, 5) is 2.38. The Labute approximate surface area is 208 Å². The number of nitrogens with zero attached hydrogens (tertiary/aromatic N) is 1. The zero-order valence-corrected chi connectivity index (χ0v) is 20.1. The topological polar surface area (TPSA) is 51.2 Å². The molecule has 0 aliphatic carbocycles. The van der Waals surface area contributed by atoms with Gasteiger partial charge in [0.1, 0.15) is 12.2 Å². The van der Waals surface area contributed by atoms with Crippen LogP contribution in [0.5, 0.6) is 0 Å². The van der Waals surface area contributed by atoms with Crippen LogP contribution >= 0.6 is 0 Å². The molecule has 2 saturated heterocycles. The molecule has 0 bridgehead atoms. The molecule has 2 heterocycles. The monoisotopic (exact) mass is 473 g/mol. The van der Waals surface area contributed by atoms with Gasteiger partial charge in [0.2, 0.25) is 0 Å². The Kier molecular flexibility index (Phi) is 8.24. The lowest BCUT2D eigenvalue weighted by Crippen LogP contribution is -2.51. The summed E-state index contributed by atoms with van der Waals surface area (Å²) in [5, 5.41) is 11.1. The second-order valence-electron chi connectivity index (χ2n) is 9.53. The van der Waals surface area contributed by atoms with Crippen LogP contribution < -0.4 is 0 Å². The van der Waals surface area contributed by atoms with Crippen molar-refractivity contribution < 1.29 is 19.3 Å². The number of piperidine rings is 1. The Morgan fingerprint density at radius 3 is 1.77 bits per heavy atom. The SMILES string of the molecule is O[C@@H]1CCCN2[C@@H]1[C@@H](OCc1ccccc1)[C@H](OCc1ccccc1)[C@H]2COCc1ccccc1. The van der Waals surface area contributed by atoms with Crippen molar-refractivity contribution in [3.05, 3.63) is 108 Å². The molecular weight excluding hydrogens is 438 g/mol. The predicted octanol–water partition coefficient (Wildman–Crippen LogP) is 4.58. The van der Waals surface area contributed by atoms with E-state index in [4.69, 9.17) is 14.2 Å². The van der Waals surface area contributed by atoms with Crippen molar-refractivity contribution in [1.82, 2.24) is 4.90 Å². The highest BCUT2D eigenvalue weighted by atomic mass is 16.5. The lowest BCUT2D eigenvalue weighted by molar-refractivity contribution is -0.0967. The largest absolute Gasteiger partial charge is 0.391 e. The van der Waals surface area contributed by atoms with Crippen LogP contribution in [0.1, 0.15) is 29.5 Å². The molecule has 5 rings (SSSR count). The van der Waals surface area contributed by atoms with E-state index < -0.39 is 6.10 Å². The molecule has 3 aromatic carbocycles. The first-order valence-corrected chi connectivity index (χ1v) is 12.7. The highest BCUT2D eigenvalue weighted by molar-refractivity contribution is 5.16. The summed E-state index contributed by atoms with van der Waals surface area (Å²) in [6.45, 7) is 2.99. The van der Waals surface area contributed by atoms with E-state index in [0.29, 0.717) is 26.4 Å². The van der Waals surface area contributed by atoms with Gasteiger partial charge in [-0.3, -0.25) is 4.90 Å². The molecule has 2 aliphatic rings. The van der Waals surface area contributed by atoms with Crippen LogP contribution in [0.15, 0.2) is 91.0 Å². The molecule has 0 saturated carbocycles. The van der Waals surface area contributed by atoms with Gasteiger partial charge in [0.25, 0.3) is 0 Å². The Morgan fingerprint density at radius 1 is 0.686 bits per heavy atom. The molecule has 0 unspecified atom stereocenters. The number of hydrogen-bond acceptors (Lipinski definition) is 5. The average Bonchev–Trinajstić information content (AvgIpc) is 3.21. The molecule has 184 valence electrons. The van der Waals surface area contributed by atoms with Crippen LogP contribution in [-0.4, -0.2) is 53.6 Å². The van der Waals surface area contributed by atoms with Crippen LogP contribution in [0.25, 0.3) is 0 Å². The summed E-state index contributed by atoms with van der Waals surface area (Å²) in [7, 11) is 0. The van der Waals surface area contributed by atoms with Crippen LogP contribution in [0.2, 0.25) is 0 Å². The molecule has 5 atom stereocenters.